The van der Waals surface area contributed by atoms with Gasteiger partial charge in [-0.05, 0) is 57.5 Å². The van der Waals surface area contributed by atoms with Crippen molar-refractivity contribution in [2.45, 2.75) is 48.5 Å². The van der Waals surface area contributed by atoms with E-state index in [2.05, 4.69) is 71.0 Å². The van der Waals surface area contributed by atoms with Gasteiger partial charge in [0.05, 0.1) is 11.3 Å². The third kappa shape index (κ3) is 6.62. The Labute approximate surface area is 187 Å². The van der Waals surface area contributed by atoms with Gasteiger partial charge in [-0.25, -0.2) is 0 Å². The molecule has 29 heavy (non-hydrogen) atoms. The Hall–Kier alpha value is -2.29. The molecule has 3 rings (SSSR count). The van der Waals surface area contributed by atoms with Crippen LogP contribution >= 0.6 is 0 Å². The molecule has 0 spiro atoms. The zero-order valence-corrected chi connectivity index (χ0v) is 20.5. The Bertz CT molecular complexity index is 1040. The summed E-state index contributed by atoms with van der Waals surface area (Å²) in [6.07, 6.45) is 1.17. The summed E-state index contributed by atoms with van der Waals surface area (Å²) in [6, 6.07) is 14.3. The summed E-state index contributed by atoms with van der Waals surface area (Å²) < 4.78 is 0. The van der Waals surface area contributed by atoms with Crippen LogP contribution in [0, 0.1) is 40.7 Å². The van der Waals surface area contributed by atoms with Crippen LogP contribution in [0.2, 0.25) is 0 Å². The van der Waals surface area contributed by atoms with E-state index in [0.29, 0.717) is 0 Å². The number of carbonyl (C=O) groups is 1. The first kappa shape index (κ1) is 24.7. The van der Waals surface area contributed by atoms with E-state index in [9.17, 15) is 4.79 Å². The molecule has 4 heteroatoms. The number of hydrogen-bond acceptors (Lipinski definition) is 3. The van der Waals surface area contributed by atoms with Crippen molar-refractivity contribution in [2.24, 2.45) is 0 Å². The smallest absolute Gasteiger partial charge is 0.155 e. The fourth-order valence-corrected chi connectivity index (χ4v) is 3.19. The average Bonchev–Trinajstić information content (AvgIpc) is 2.57. The van der Waals surface area contributed by atoms with Crippen LogP contribution in [0.1, 0.15) is 41.7 Å². The average molecular weight is 567 g/mol. The molecule has 0 saturated heterocycles. The predicted molar refractivity (Wildman–Crippen MR) is 117 cm³/mol. The molecule has 1 heterocycles. The Morgan fingerprint density at radius 2 is 1.66 bits per heavy atom. The number of ketones is 1. The molecule has 0 unspecified atom stereocenters. The quantitative estimate of drug-likeness (QED) is 0.226. The maximum atomic E-state index is 10.0. The molecule has 0 saturated carbocycles. The van der Waals surface area contributed by atoms with Crippen molar-refractivity contribution in [2.75, 3.05) is 0 Å². The number of aromatic nitrogens is 1. The number of benzene rings is 2. The molecule has 155 valence electrons. The van der Waals surface area contributed by atoms with E-state index >= 15 is 0 Å². The Balaban J connectivity index is 0.000000456. The second-order valence-corrected chi connectivity index (χ2v) is 7.38. The normalized spacial score (nSPS) is 10.8. The fraction of sp³-hybridized carbons (Fsp3) is 0.280. The number of aryl methyl sites for hydroxylation is 5. The van der Waals surface area contributed by atoms with Crippen LogP contribution in [0.25, 0.3) is 22.2 Å². The minimum absolute atomic E-state index is 0. The zero-order chi connectivity index (χ0) is 21.0. The van der Waals surface area contributed by atoms with Gasteiger partial charge in [-0.2, -0.15) is 0 Å². The van der Waals surface area contributed by atoms with Crippen molar-refractivity contribution in [3.63, 3.8) is 0 Å². The molecule has 3 nitrogen and oxygen atoms in total. The maximum Gasteiger partial charge on any atom is 0.155 e. The van der Waals surface area contributed by atoms with Crippen molar-refractivity contribution < 1.29 is 30.0 Å². The predicted octanol–water partition coefficient (Wildman–Crippen LogP) is 6.28. The van der Waals surface area contributed by atoms with E-state index in [4.69, 9.17) is 10.1 Å². The van der Waals surface area contributed by atoms with Crippen LogP contribution in [0.4, 0.5) is 0 Å². The molecule has 1 N–H and O–H groups in total. The van der Waals surface area contributed by atoms with E-state index in [1.165, 1.54) is 47.6 Å². The summed E-state index contributed by atoms with van der Waals surface area (Å²) >= 11 is 0. The number of aliphatic hydroxyl groups excluding tert-OH is 1. The number of pyridine rings is 1. The van der Waals surface area contributed by atoms with Crippen LogP contribution in [0.15, 0.2) is 42.2 Å². The van der Waals surface area contributed by atoms with Gasteiger partial charge in [-0.3, -0.25) is 9.78 Å². The molecule has 1 radical (unpaired) electrons. The van der Waals surface area contributed by atoms with E-state index in [0.717, 1.165) is 22.3 Å². The van der Waals surface area contributed by atoms with E-state index in [-0.39, 0.29) is 31.6 Å². The van der Waals surface area contributed by atoms with Crippen LogP contribution < -0.4 is 0 Å². The summed E-state index contributed by atoms with van der Waals surface area (Å²) in [5.74, 6) is -0.0625. The summed E-state index contributed by atoms with van der Waals surface area (Å²) in [4.78, 5) is 14.9. The number of nitrogens with zero attached hydrogens (tertiary/aromatic N) is 1. The Kier molecular flexibility index (Phi) is 8.94. The van der Waals surface area contributed by atoms with Crippen LogP contribution in [-0.4, -0.2) is 15.9 Å². The molecular formula is C25H28IrNO2-. The number of allylic oxidation sites excluding steroid dienone is 2. The summed E-state index contributed by atoms with van der Waals surface area (Å²) in [6.45, 7) is 13.5. The summed E-state index contributed by atoms with van der Waals surface area (Å²) in [5.41, 5.74) is 9.44. The number of rotatable bonds is 2. The number of aliphatic hydroxyl groups is 1. The molecule has 0 amide bonds. The number of fused-ring (bicyclic) bond motifs is 1. The Morgan fingerprint density at radius 1 is 1.00 bits per heavy atom. The molecule has 0 bridgehead atoms. The van der Waals surface area contributed by atoms with Gasteiger partial charge in [0.15, 0.2) is 5.78 Å². The van der Waals surface area contributed by atoms with Crippen LogP contribution in [-0.2, 0) is 24.9 Å². The van der Waals surface area contributed by atoms with Gasteiger partial charge in [0, 0.05) is 31.6 Å². The molecule has 0 fully saturated rings. The first-order valence-corrected chi connectivity index (χ1v) is 9.35. The number of hydrogen-bond donors (Lipinski definition) is 1. The molecule has 2 aromatic carbocycles. The van der Waals surface area contributed by atoms with E-state index in [1.54, 1.807) is 0 Å². The molecule has 0 aliphatic carbocycles. The molecule has 0 atom stereocenters. The SMILES string of the molecule is CC(=O)/C=C(/C)O.Cc1[c-]c(-c2nc3ccc(C)c(C)c3cc2C)cc(C)c1.[Ir]. The number of carbonyl (C=O) groups excluding carboxylic acids is 1. The standard InChI is InChI=1S/C20H20N.C5H8O2.Ir/c1-12-8-13(2)10-17(9-12)20-15(4)11-18-16(5)14(3)6-7-19(18)21-20;1-4(6)3-5(2)7;/h6-9,11H,1-5H3;3,6H,1-2H3;/q-1;;/b;4-3-;. The van der Waals surface area contributed by atoms with E-state index in [1.807, 2.05) is 0 Å². The van der Waals surface area contributed by atoms with Gasteiger partial charge in [-0.15, -0.1) is 34.9 Å². The van der Waals surface area contributed by atoms with Crippen molar-refractivity contribution in [3.8, 4) is 11.3 Å². The second kappa shape index (κ2) is 10.5. The van der Waals surface area contributed by atoms with Crippen molar-refractivity contribution in [1.29, 1.82) is 0 Å². The minimum atomic E-state index is -0.125. The first-order valence-electron chi connectivity index (χ1n) is 9.35. The monoisotopic (exact) mass is 567 g/mol. The van der Waals surface area contributed by atoms with Gasteiger partial charge in [0.25, 0.3) is 0 Å². The molecule has 3 aromatic rings. The van der Waals surface area contributed by atoms with Gasteiger partial charge in [-0.1, -0.05) is 31.5 Å². The summed E-state index contributed by atoms with van der Waals surface area (Å²) in [7, 11) is 0. The largest absolute Gasteiger partial charge is 0.512 e. The summed E-state index contributed by atoms with van der Waals surface area (Å²) in [5, 5.41) is 9.61. The van der Waals surface area contributed by atoms with Crippen molar-refractivity contribution in [3.05, 3.63) is 76.1 Å². The van der Waals surface area contributed by atoms with Gasteiger partial charge < -0.3 is 5.11 Å². The van der Waals surface area contributed by atoms with Gasteiger partial charge >= 0.3 is 0 Å². The third-order valence-electron chi connectivity index (χ3n) is 4.54. The second-order valence-electron chi connectivity index (χ2n) is 7.38. The molecule has 1 aromatic heterocycles. The van der Waals surface area contributed by atoms with E-state index < -0.39 is 0 Å². The third-order valence-corrected chi connectivity index (χ3v) is 4.54. The van der Waals surface area contributed by atoms with Gasteiger partial charge in [0.2, 0.25) is 0 Å². The van der Waals surface area contributed by atoms with Crippen molar-refractivity contribution >= 4 is 16.7 Å². The first-order chi connectivity index (χ1) is 13.1. The van der Waals surface area contributed by atoms with Crippen molar-refractivity contribution in [1.82, 2.24) is 4.98 Å². The Morgan fingerprint density at radius 3 is 2.17 bits per heavy atom. The van der Waals surface area contributed by atoms with Crippen LogP contribution in [0.5, 0.6) is 0 Å². The zero-order valence-electron chi connectivity index (χ0n) is 18.1. The fourth-order valence-electron chi connectivity index (χ4n) is 3.19. The molecule has 0 aliphatic heterocycles. The minimum Gasteiger partial charge on any atom is -0.512 e. The maximum absolute atomic E-state index is 10.0. The van der Waals surface area contributed by atoms with Gasteiger partial charge in [0.1, 0.15) is 0 Å². The topological polar surface area (TPSA) is 50.2 Å². The molecule has 0 aliphatic rings. The van der Waals surface area contributed by atoms with Crippen LogP contribution in [0.3, 0.4) is 0 Å². The molecular weight excluding hydrogens is 538 g/mol.